The number of carbonyl (C=O) groups excluding carboxylic acids is 2. The van der Waals surface area contributed by atoms with E-state index < -0.39 is 0 Å². The van der Waals surface area contributed by atoms with Crippen LogP contribution in [0.1, 0.15) is 10.4 Å². The van der Waals surface area contributed by atoms with Gasteiger partial charge < -0.3 is 20.1 Å². The molecule has 0 unspecified atom stereocenters. The smallest absolute Gasteiger partial charge is 0.251 e. The molecule has 0 aliphatic heterocycles. The molecule has 8 heteroatoms. The predicted octanol–water partition coefficient (Wildman–Crippen LogP) is 3.10. The van der Waals surface area contributed by atoms with Crippen molar-refractivity contribution in [3.8, 4) is 11.5 Å². The maximum absolute atomic E-state index is 12.2. The van der Waals surface area contributed by atoms with E-state index in [1.807, 2.05) is 24.3 Å². The number of ether oxygens (including phenoxy) is 2. The number of hydrogen-bond donors (Lipinski definition) is 2. The minimum atomic E-state index is -0.369. The summed E-state index contributed by atoms with van der Waals surface area (Å²) in [7, 11) is 3.02. The number of nitrogens with one attached hydrogen (secondary N) is 2. The largest absolute Gasteiger partial charge is 0.497 e. The summed E-state index contributed by atoms with van der Waals surface area (Å²) in [5, 5.41) is 5.38. The molecule has 0 radical (unpaired) electrons. The molecule has 0 spiro atoms. The Bertz CT molecular complexity index is 762. The average Bonchev–Trinajstić information content (AvgIpc) is 2.70. The summed E-state index contributed by atoms with van der Waals surface area (Å²) in [6.45, 7) is 0.420. The third-order valence-electron chi connectivity index (χ3n) is 3.53. The van der Waals surface area contributed by atoms with E-state index in [2.05, 4.69) is 26.6 Å². The third kappa shape index (κ3) is 7.15. The van der Waals surface area contributed by atoms with Crippen molar-refractivity contribution in [2.45, 2.75) is 4.90 Å². The van der Waals surface area contributed by atoms with Crippen molar-refractivity contribution in [3.05, 3.63) is 52.5 Å². The van der Waals surface area contributed by atoms with E-state index in [0.717, 1.165) is 15.1 Å². The van der Waals surface area contributed by atoms with Gasteiger partial charge in [-0.1, -0.05) is 15.9 Å². The van der Waals surface area contributed by atoms with Gasteiger partial charge in [-0.15, -0.1) is 11.8 Å². The molecule has 2 amide bonds. The second-order valence-electron chi connectivity index (χ2n) is 5.44. The topological polar surface area (TPSA) is 76.7 Å². The van der Waals surface area contributed by atoms with Crippen LogP contribution in [0.3, 0.4) is 0 Å². The van der Waals surface area contributed by atoms with Crippen LogP contribution in [0.4, 0.5) is 0 Å². The molecule has 6 nitrogen and oxygen atoms in total. The highest BCUT2D eigenvalue weighted by atomic mass is 79.9. The molecule has 2 aromatic carbocycles. The van der Waals surface area contributed by atoms with Crippen LogP contribution >= 0.6 is 27.7 Å². The van der Waals surface area contributed by atoms with E-state index in [1.54, 1.807) is 30.0 Å². The lowest BCUT2D eigenvalue weighted by Gasteiger charge is -2.09. The zero-order valence-electron chi connectivity index (χ0n) is 15.1. The van der Waals surface area contributed by atoms with Crippen LogP contribution in [-0.2, 0) is 4.79 Å². The van der Waals surface area contributed by atoms with Crippen molar-refractivity contribution in [1.29, 1.82) is 0 Å². The lowest BCUT2D eigenvalue weighted by Crippen LogP contribution is -2.37. The Morgan fingerprint density at radius 2 is 1.63 bits per heavy atom. The van der Waals surface area contributed by atoms with Gasteiger partial charge in [-0.2, -0.15) is 0 Å². The molecular weight excluding hydrogens is 432 g/mol. The van der Waals surface area contributed by atoms with Crippen LogP contribution in [0.15, 0.2) is 51.8 Å². The van der Waals surface area contributed by atoms with Crippen molar-refractivity contribution < 1.29 is 19.1 Å². The monoisotopic (exact) mass is 452 g/mol. The SMILES string of the molecule is COc1cc(OC)cc(C(=O)NCC(=O)NCCSc2ccc(Br)cc2)c1. The van der Waals surface area contributed by atoms with Crippen LogP contribution in [0.2, 0.25) is 0 Å². The van der Waals surface area contributed by atoms with Crippen molar-refractivity contribution in [1.82, 2.24) is 10.6 Å². The van der Waals surface area contributed by atoms with Crippen molar-refractivity contribution >= 4 is 39.5 Å². The van der Waals surface area contributed by atoms with Gasteiger partial charge in [0.05, 0.1) is 20.8 Å². The zero-order valence-corrected chi connectivity index (χ0v) is 17.5. The van der Waals surface area contributed by atoms with Crippen LogP contribution in [0.5, 0.6) is 11.5 Å². The van der Waals surface area contributed by atoms with E-state index >= 15 is 0 Å². The molecule has 2 aromatic rings. The van der Waals surface area contributed by atoms with E-state index in [-0.39, 0.29) is 18.4 Å². The highest BCUT2D eigenvalue weighted by Crippen LogP contribution is 2.22. The average molecular weight is 453 g/mol. The Hall–Kier alpha value is -2.19. The Balaban J connectivity index is 1.73. The molecule has 0 saturated heterocycles. The fourth-order valence-electron chi connectivity index (χ4n) is 2.15. The second kappa shape index (κ2) is 10.8. The van der Waals surface area contributed by atoms with E-state index in [0.29, 0.717) is 23.6 Å². The van der Waals surface area contributed by atoms with E-state index in [1.165, 1.54) is 14.2 Å². The fourth-order valence-corrected chi connectivity index (χ4v) is 3.19. The fraction of sp³-hybridized carbons (Fsp3) is 0.263. The molecule has 0 aliphatic carbocycles. The Morgan fingerprint density at radius 3 is 2.22 bits per heavy atom. The molecule has 0 saturated carbocycles. The van der Waals surface area contributed by atoms with Crippen molar-refractivity contribution in [3.63, 3.8) is 0 Å². The molecule has 0 bridgehead atoms. The van der Waals surface area contributed by atoms with Gasteiger partial charge >= 0.3 is 0 Å². The minimum absolute atomic E-state index is 0.0959. The molecule has 0 aromatic heterocycles. The molecule has 0 fully saturated rings. The molecule has 144 valence electrons. The van der Waals surface area contributed by atoms with Crippen LogP contribution in [0.25, 0.3) is 0 Å². The van der Waals surface area contributed by atoms with Crippen LogP contribution in [0, 0.1) is 0 Å². The van der Waals surface area contributed by atoms with Crippen molar-refractivity contribution in [2.24, 2.45) is 0 Å². The summed E-state index contributed by atoms with van der Waals surface area (Å²) in [5.41, 5.74) is 0.366. The summed E-state index contributed by atoms with van der Waals surface area (Å²) in [5.74, 6) is 1.15. The van der Waals surface area contributed by atoms with Gasteiger partial charge in [-0.3, -0.25) is 9.59 Å². The van der Waals surface area contributed by atoms with Gasteiger partial charge in [0.25, 0.3) is 5.91 Å². The lowest BCUT2D eigenvalue weighted by molar-refractivity contribution is -0.120. The predicted molar refractivity (Wildman–Crippen MR) is 110 cm³/mol. The Kier molecular flexibility index (Phi) is 8.47. The van der Waals surface area contributed by atoms with Gasteiger partial charge in [-0.05, 0) is 36.4 Å². The molecule has 0 atom stereocenters. The first-order chi connectivity index (χ1) is 13.0. The Labute approximate surface area is 171 Å². The maximum Gasteiger partial charge on any atom is 0.251 e. The second-order valence-corrected chi connectivity index (χ2v) is 7.52. The number of thioether (sulfide) groups is 1. The summed E-state index contributed by atoms with van der Waals surface area (Å²) >= 11 is 5.04. The van der Waals surface area contributed by atoms with Crippen LogP contribution in [-0.4, -0.2) is 44.9 Å². The van der Waals surface area contributed by atoms with Gasteiger partial charge in [-0.25, -0.2) is 0 Å². The molecule has 0 aliphatic rings. The molecule has 2 N–H and O–H groups in total. The van der Waals surface area contributed by atoms with E-state index in [9.17, 15) is 9.59 Å². The quantitative estimate of drug-likeness (QED) is 0.451. The Morgan fingerprint density at radius 1 is 1.00 bits per heavy atom. The first kappa shape index (κ1) is 21.1. The number of benzene rings is 2. The number of carbonyl (C=O) groups is 2. The number of amides is 2. The van der Waals surface area contributed by atoms with E-state index in [4.69, 9.17) is 9.47 Å². The lowest BCUT2D eigenvalue weighted by atomic mass is 10.2. The van der Waals surface area contributed by atoms with Gasteiger partial charge in [0.15, 0.2) is 0 Å². The number of halogens is 1. The maximum atomic E-state index is 12.2. The van der Waals surface area contributed by atoms with Crippen LogP contribution < -0.4 is 20.1 Å². The van der Waals surface area contributed by atoms with Crippen molar-refractivity contribution in [2.75, 3.05) is 33.1 Å². The first-order valence-electron chi connectivity index (χ1n) is 8.18. The van der Waals surface area contributed by atoms with Gasteiger partial charge in [0.2, 0.25) is 5.91 Å². The zero-order chi connectivity index (χ0) is 19.6. The third-order valence-corrected chi connectivity index (χ3v) is 5.07. The molecule has 2 rings (SSSR count). The molecule has 0 heterocycles. The minimum Gasteiger partial charge on any atom is -0.497 e. The normalized spacial score (nSPS) is 10.2. The molecule has 27 heavy (non-hydrogen) atoms. The number of rotatable bonds is 9. The van der Waals surface area contributed by atoms with Gasteiger partial charge in [0.1, 0.15) is 11.5 Å². The summed E-state index contributed by atoms with van der Waals surface area (Å²) < 4.78 is 11.3. The number of hydrogen-bond acceptors (Lipinski definition) is 5. The standard InChI is InChI=1S/C19H21BrN2O4S/c1-25-15-9-13(10-16(11-15)26-2)19(24)22-12-18(23)21-7-8-27-17-5-3-14(20)4-6-17/h3-6,9-11H,7-8,12H2,1-2H3,(H,21,23)(H,22,24). The molecular formula is C19H21BrN2O4S. The van der Waals surface area contributed by atoms with Gasteiger partial charge in [0, 0.05) is 33.3 Å². The number of methoxy groups -OCH3 is 2. The summed E-state index contributed by atoms with van der Waals surface area (Å²) in [4.78, 5) is 25.2. The highest BCUT2D eigenvalue weighted by molar-refractivity contribution is 9.10. The first-order valence-corrected chi connectivity index (χ1v) is 9.96. The summed E-state index contributed by atoms with van der Waals surface area (Å²) in [6.07, 6.45) is 0. The summed E-state index contributed by atoms with van der Waals surface area (Å²) in [6, 6.07) is 12.8. The highest BCUT2D eigenvalue weighted by Gasteiger charge is 2.11.